The van der Waals surface area contributed by atoms with E-state index in [0.29, 0.717) is 23.7 Å². The van der Waals surface area contributed by atoms with E-state index in [1.54, 1.807) is 17.5 Å². The van der Waals surface area contributed by atoms with E-state index in [-0.39, 0.29) is 0 Å². The van der Waals surface area contributed by atoms with E-state index < -0.39 is 5.60 Å². The predicted octanol–water partition coefficient (Wildman–Crippen LogP) is 2.48. The standard InChI is InChI=1S/C19H18N6O/c1-19(2)9-15-16(10-20)18(21)25(23-17(15)11-26-19)14-5-3-13(4-6-14)24-8-7-22-12-24/h3-9,12H,11,21H2,1-2H3. The summed E-state index contributed by atoms with van der Waals surface area (Å²) in [5, 5.41) is 15.8. The van der Waals surface area contributed by atoms with Crippen molar-refractivity contribution in [1.82, 2.24) is 9.55 Å². The molecule has 0 bridgehead atoms. The molecular formula is C19H18N6O. The molecule has 2 N–H and O–H groups in total. The molecule has 26 heavy (non-hydrogen) atoms. The number of anilines is 1. The number of aromatic nitrogens is 2. The number of benzene rings is 1. The minimum atomic E-state index is -0.453. The average Bonchev–Trinajstić information content (AvgIpc) is 3.16. The zero-order valence-corrected chi connectivity index (χ0v) is 14.5. The number of hydrogen-bond acceptors (Lipinski definition) is 6. The topological polar surface area (TPSA) is 92.5 Å². The maximum atomic E-state index is 9.64. The fourth-order valence-electron chi connectivity index (χ4n) is 3.01. The lowest BCUT2D eigenvalue weighted by Crippen LogP contribution is -2.39. The van der Waals surface area contributed by atoms with Gasteiger partial charge in [-0.05, 0) is 44.2 Å². The smallest absolute Gasteiger partial charge is 0.144 e. The Bertz CT molecular complexity index is 974. The summed E-state index contributed by atoms with van der Waals surface area (Å²) in [5.74, 6) is 0.315. The molecule has 4 rings (SSSR count). The molecule has 0 spiro atoms. The number of hydrazone groups is 1. The molecule has 1 aromatic carbocycles. The van der Waals surface area contributed by atoms with Crippen molar-refractivity contribution in [2.24, 2.45) is 10.8 Å². The summed E-state index contributed by atoms with van der Waals surface area (Å²) in [5.41, 5.74) is 9.45. The van der Waals surface area contributed by atoms with E-state index in [9.17, 15) is 5.26 Å². The Balaban J connectivity index is 1.74. The zero-order valence-electron chi connectivity index (χ0n) is 14.5. The second kappa shape index (κ2) is 5.86. The van der Waals surface area contributed by atoms with Crippen LogP contribution in [0.2, 0.25) is 0 Å². The molecule has 130 valence electrons. The fraction of sp³-hybridized carbons (Fsp3) is 0.211. The van der Waals surface area contributed by atoms with Crippen molar-refractivity contribution in [2.45, 2.75) is 19.4 Å². The van der Waals surface area contributed by atoms with Crippen molar-refractivity contribution < 1.29 is 4.74 Å². The SMILES string of the molecule is CC1(C)C=C2C(=NN(c3ccc(-n4ccnc4)cc3)C(N)=C2C#N)CO1. The molecule has 0 fully saturated rings. The number of ether oxygens (including phenoxy) is 1. The Labute approximate surface area is 151 Å². The third-order valence-corrected chi connectivity index (χ3v) is 4.37. The predicted molar refractivity (Wildman–Crippen MR) is 98.4 cm³/mol. The van der Waals surface area contributed by atoms with Crippen molar-refractivity contribution in [1.29, 1.82) is 5.26 Å². The van der Waals surface area contributed by atoms with Gasteiger partial charge in [-0.1, -0.05) is 0 Å². The highest BCUT2D eigenvalue weighted by molar-refractivity contribution is 6.08. The number of hydrogen-bond donors (Lipinski definition) is 1. The highest BCUT2D eigenvalue weighted by Gasteiger charge is 2.33. The fourth-order valence-corrected chi connectivity index (χ4v) is 3.01. The van der Waals surface area contributed by atoms with E-state index in [4.69, 9.17) is 10.5 Å². The lowest BCUT2D eigenvalue weighted by molar-refractivity contribution is 0.0409. The van der Waals surface area contributed by atoms with Gasteiger partial charge in [0, 0.05) is 23.7 Å². The van der Waals surface area contributed by atoms with E-state index in [0.717, 1.165) is 16.9 Å². The van der Waals surface area contributed by atoms with E-state index in [2.05, 4.69) is 16.2 Å². The summed E-state index contributed by atoms with van der Waals surface area (Å²) < 4.78 is 7.70. The van der Waals surface area contributed by atoms with Crippen molar-refractivity contribution in [3.05, 3.63) is 66.0 Å². The molecule has 0 amide bonds. The Morgan fingerprint density at radius 1 is 1.23 bits per heavy atom. The van der Waals surface area contributed by atoms with Gasteiger partial charge >= 0.3 is 0 Å². The summed E-state index contributed by atoms with van der Waals surface area (Å²) >= 11 is 0. The molecule has 0 atom stereocenters. The first kappa shape index (κ1) is 16.1. The number of nitriles is 1. The molecule has 0 saturated heterocycles. The van der Waals surface area contributed by atoms with Crippen molar-refractivity contribution in [3.63, 3.8) is 0 Å². The lowest BCUT2D eigenvalue weighted by atomic mass is 9.92. The van der Waals surface area contributed by atoms with Gasteiger partial charge in [0.1, 0.15) is 17.5 Å². The van der Waals surface area contributed by atoms with Crippen LogP contribution in [0.25, 0.3) is 5.69 Å². The van der Waals surface area contributed by atoms with Crippen molar-refractivity contribution in [2.75, 3.05) is 11.6 Å². The molecule has 3 heterocycles. The summed E-state index contributed by atoms with van der Waals surface area (Å²) in [6.07, 6.45) is 7.23. The normalized spacial score (nSPS) is 18.7. The highest BCUT2D eigenvalue weighted by Crippen LogP contribution is 2.32. The minimum Gasteiger partial charge on any atom is -0.383 e. The van der Waals surface area contributed by atoms with E-state index in [1.807, 2.05) is 55.0 Å². The van der Waals surface area contributed by atoms with Gasteiger partial charge in [0.2, 0.25) is 0 Å². The molecule has 0 unspecified atom stereocenters. The lowest BCUT2D eigenvalue weighted by Gasteiger charge is -2.34. The number of allylic oxidation sites excluding steroid dienone is 1. The van der Waals surface area contributed by atoms with Gasteiger partial charge in [-0.2, -0.15) is 10.4 Å². The van der Waals surface area contributed by atoms with Gasteiger partial charge < -0.3 is 15.0 Å². The van der Waals surface area contributed by atoms with E-state index in [1.165, 1.54) is 0 Å². The van der Waals surface area contributed by atoms with Gasteiger partial charge in [0.15, 0.2) is 0 Å². The zero-order chi connectivity index (χ0) is 18.3. The maximum Gasteiger partial charge on any atom is 0.144 e. The summed E-state index contributed by atoms with van der Waals surface area (Å²) in [4.78, 5) is 4.05. The second-order valence-corrected chi connectivity index (χ2v) is 6.67. The molecular weight excluding hydrogens is 328 g/mol. The van der Waals surface area contributed by atoms with Crippen LogP contribution in [0, 0.1) is 11.3 Å². The monoisotopic (exact) mass is 346 g/mol. The molecule has 7 nitrogen and oxygen atoms in total. The number of fused-ring (bicyclic) bond motifs is 1. The van der Waals surface area contributed by atoms with Crippen LogP contribution in [0.15, 0.2) is 71.1 Å². The highest BCUT2D eigenvalue weighted by atomic mass is 16.5. The summed E-state index contributed by atoms with van der Waals surface area (Å²) in [6.45, 7) is 4.23. The minimum absolute atomic E-state index is 0.315. The number of rotatable bonds is 2. The average molecular weight is 346 g/mol. The Hall–Kier alpha value is -3.37. The third kappa shape index (κ3) is 2.66. The number of nitrogens with zero attached hydrogens (tertiary/aromatic N) is 5. The van der Waals surface area contributed by atoms with Gasteiger partial charge in [-0.3, -0.25) is 0 Å². The van der Waals surface area contributed by atoms with Crippen LogP contribution in [0.5, 0.6) is 0 Å². The van der Waals surface area contributed by atoms with Crippen LogP contribution >= 0.6 is 0 Å². The van der Waals surface area contributed by atoms with Crippen LogP contribution in [-0.2, 0) is 4.74 Å². The van der Waals surface area contributed by atoms with Crippen LogP contribution in [0.1, 0.15) is 13.8 Å². The van der Waals surface area contributed by atoms with Gasteiger partial charge in [0.25, 0.3) is 0 Å². The van der Waals surface area contributed by atoms with Gasteiger partial charge in [-0.15, -0.1) is 0 Å². The number of imidazole rings is 1. The molecule has 0 aliphatic carbocycles. The molecule has 0 radical (unpaired) electrons. The molecule has 2 aliphatic heterocycles. The van der Waals surface area contributed by atoms with Crippen molar-refractivity contribution >= 4 is 11.4 Å². The molecule has 1 aromatic heterocycles. The third-order valence-electron chi connectivity index (χ3n) is 4.37. The quantitative estimate of drug-likeness (QED) is 0.902. The largest absolute Gasteiger partial charge is 0.383 e. The molecule has 2 aliphatic rings. The molecule has 7 heteroatoms. The Kier molecular flexibility index (Phi) is 3.63. The van der Waals surface area contributed by atoms with E-state index >= 15 is 0 Å². The van der Waals surface area contributed by atoms with Gasteiger partial charge in [0.05, 0.1) is 29.9 Å². The van der Waals surface area contributed by atoms with Crippen LogP contribution in [0.4, 0.5) is 5.69 Å². The molecule has 2 aromatic rings. The maximum absolute atomic E-state index is 9.64. The van der Waals surface area contributed by atoms with Crippen LogP contribution in [-0.4, -0.2) is 27.5 Å². The first-order chi connectivity index (χ1) is 12.5. The van der Waals surface area contributed by atoms with Crippen molar-refractivity contribution in [3.8, 4) is 11.8 Å². The first-order valence-electron chi connectivity index (χ1n) is 8.22. The Morgan fingerprint density at radius 2 is 1.96 bits per heavy atom. The molecule has 0 saturated carbocycles. The van der Waals surface area contributed by atoms with Gasteiger partial charge in [-0.25, -0.2) is 9.99 Å². The Morgan fingerprint density at radius 3 is 2.62 bits per heavy atom. The number of nitrogens with two attached hydrogens (primary N) is 1. The first-order valence-corrected chi connectivity index (χ1v) is 8.22. The van der Waals surface area contributed by atoms with Crippen LogP contribution < -0.4 is 10.7 Å². The summed E-state index contributed by atoms with van der Waals surface area (Å²) in [7, 11) is 0. The van der Waals surface area contributed by atoms with Crippen LogP contribution in [0.3, 0.4) is 0 Å². The second-order valence-electron chi connectivity index (χ2n) is 6.67. The summed E-state index contributed by atoms with van der Waals surface area (Å²) in [6, 6.07) is 9.93.